The van der Waals surface area contributed by atoms with Crippen molar-refractivity contribution in [3.63, 3.8) is 0 Å². The molecule has 5 nitrogen and oxygen atoms in total. The molecule has 12 atom stereocenters. The molecule has 0 unspecified atom stereocenters. The number of carbonyl (C=O) groups is 2. The lowest BCUT2D eigenvalue weighted by Crippen LogP contribution is -2.56. The van der Waals surface area contributed by atoms with E-state index in [0.29, 0.717) is 46.2 Å². The fraction of sp³-hybridized carbons (Fsp3) is 0.829. The van der Waals surface area contributed by atoms with Crippen LogP contribution in [0, 0.1) is 52.3 Å². The van der Waals surface area contributed by atoms with Gasteiger partial charge in [0, 0.05) is 29.5 Å². The number of hydrogen-bond donors (Lipinski definition) is 0. The van der Waals surface area contributed by atoms with Crippen LogP contribution in [0.25, 0.3) is 0 Å². The molecule has 0 aromatic rings. The van der Waals surface area contributed by atoms with Crippen molar-refractivity contribution in [3.05, 3.63) is 23.3 Å². The Bertz CT molecular complexity index is 1180. The standard InChI is InChI=1S/C35H49NO4/c1-20-11-16-35(39-19-20)21(2)30-29(40-35)18-28-26-10-9-22-17-23(12-14-33(22,3)27(26)13-15-34(28,30)4)36-31(37)24-7-5-6-8-25(24)32(36)38/h5,7,20-23,26-30H,6,8-19H2,1-4H3/t20-,21-,22+,23+,26+,27-,28-,29-,30-,33-,34-,35+/m0/s1. The number of fused-ring (bicyclic) bond motifs is 7. The summed E-state index contributed by atoms with van der Waals surface area (Å²) >= 11 is 0. The number of imide groups is 1. The van der Waals surface area contributed by atoms with E-state index in [9.17, 15) is 9.59 Å². The first-order valence-corrected chi connectivity index (χ1v) is 16.8. The van der Waals surface area contributed by atoms with Crippen molar-refractivity contribution in [1.29, 1.82) is 0 Å². The molecule has 0 radical (unpaired) electrons. The largest absolute Gasteiger partial charge is 0.349 e. The van der Waals surface area contributed by atoms with E-state index in [1.807, 2.05) is 6.08 Å². The molecule has 0 bridgehead atoms. The molecule has 0 N–H and O–H groups in total. The Hall–Kier alpha value is -1.46. The van der Waals surface area contributed by atoms with Crippen molar-refractivity contribution in [2.24, 2.45) is 52.3 Å². The molecule has 3 aliphatic heterocycles. The normalized spacial score (nSPS) is 53.4. The third-order valence-electron chi connectivity index (χ3n) is 14.4. The molecule has 1 spiro atoms. The van der Waals surface area contributed by atoms with Gasteiger partial charge in [-0.3, -0.25) is 14.5 Å². The van der Waals surface area contributed by atoms with E-state index >= 15 is 0 Å². The third-order valence-corrected chi connectivity index (χ3v) is 14.4. The van der Waals surface area contributed by atoms with Crippen molar-refractivity contribution in [1.82, 2.24) is 4.90 Å². The number of allylic oxidation sites excluding steroid dienone is 1. The number of carbonyl (C=O) groups excluding carboxylic acids is 2. The maximum absolute atomic E-state index is 13.3. The SMILES string of the molecule is C[C@H]1CC[C@@]2(OC1)O[C@H]1C[C@H]3[C@@H]4CC[C@@H]5C[C@H](N6C(=O)C7=C(CCC=C7)C6=O)CC[C@]5(C)[C@H]4CC[C@]3(C)[C@H]1[C@@H]2C. The molecule has 8 aliphatic rings. The lowest BCUT2D eigenvalue weighted by Gasteiger charge is -2.61. The van der Waals surface area contributed by atoms with Gasteiger partial charge in [0.25, 0.3) is 11.8 Å². The topological polar surface area (TPSA) is 55.8 Å². The van der Waals surface area contributed by atoms with E-state index < -0.39 is 0 Å². The Labute approximate surface area is 240 Å². The van der Waals surface area contributed by atoms with Crippen LogP contribution in [0.2, 0.25) is 0 Å². The summed E-state index contributed by atoms with van der Waals surface area (Å²) in [5.41, 5.74) is 2.13. The van der Waals surface area contributed by atoms with Crippen LogP contribution in [0.5, 0.6) is 0 Å². The molecule has 40 heavy (non-hydrogen) atoms. The summed E-state index contributed by atoms with van der Waals surface area (Å²) in [5.74, 6) is 4.32. The second-order valence-electron chi connectivity index (χ2n) is 15.9. The highest BCUT2D eigenvalue weighted by Gasteiger charge is 2.69. The van der Waals surface area contributed by atoms with Crippen LogP contribution in [0.1, 0.15) is 105 Å². The molecule has 4 saturated carbocycles. The predicted molar refractivity (Wildman–Crippen MR) is 153 cm³/mol. The molecule has 0 aromatic heterocycles. The lowest BCUT2D eigenvalue weighted by molar-refractivity contribution is -0.273. The molecule has 3 heterocycles. The van der Waals surface area contributed by atoms with Gasteiger partial charge in [-0.05, 0) is 117 Å². The van der Waals surface area contributed by atoms with Gasteiger partial charge in [0.15, 0.2) is 5.79 Å². The molecule has 8 rings (SSSR count). The monoisotopic (exact) mass is 547 g/mol. The molecule has 0 aromatic carbocycles. The van der Waals surface area contributed by atoms with Crippen LogP contribution in [0.3, 0.4) is 0 Å². The molecule has 5 heteroatoms. The van der Waals surface area contributed by atoms with Crippen LogP contribution >= 0.6 is 0 Å². The summed E-state index contributed by atoms with van der Waals surface area (Å²) in [6, 6.07) is 0.0805. The quantitative estimate of drug-likeness (QED) is 0.338. The number of nitrogens with zero attached hydrogens (tertiary/aromatic N) is 1. The van der Waals surface area contributed by atoms with Gasteiger partial charge in [-0.2, -0.15) is 0 Å². The first-order chi connectivity index (χ1) is 19.2. The Morgan fingerprint density at radius 3 is 2.50 bits per heavy atom. The van der Waals surface area contributed by atoms with E-state index in [4.69, 9.17) is 9.47 Å². The third kappa shape index (κ3) is 3.34. The lowest BCUT2D eigenvalue weighted by atomic mass is 9.44. The Morgan fingerprint density at radius 2 is 1.73 bits per heavy atom. The summed E-state index contributed by atoms with van der Waals surface area (Å²) < 4.78 is 13.5. The van der Waals surface area contributed by atoms with Gasteiger partial charge in [-0.1, -0.05) is 39.8 Å². The van der Waals surface area contributed by atoms with Crippen LogP contribution in [0.15, 0.2) is 23.3 Å². The minimum Gasteiger partial charge on any atom is -0.349 e. The van der Waals surface area contributed by atoms with E-state index in [-0.39, 0.29) is 23.6 Å². The number of amides is 2. The summed E-state index contributed by atoms with van der Waals surface area (Å²) in [6.07, 6.45) is 17.8. The van der Waals surface area contributed by atoms with Crippen molar-refractivity contribution in [2.75, 3.05) is 6.61 Å². The Morgan fingerprint density at radius 1 is 0.900 bits per heavy atom. The predicted octanol–water partition coefficient (Wildman–Crippen LogP) is 6.82. The van der Waals surface area contributed by atoms with E-state index in [1.54, 1.807) is 4.90 Å². The van der Waals surface area contributed by atoms with E-state index in [1.165, 1.54) is 38.5 Å². The van der Waals surface area contributed by atoms with Gasteiger partial charge >= 0.3 is 0 Å². The van der Waals surface area contributed by atoms with E-state index in [0.717, 1.165) is 68.5 Å². The molecule has 5 aliphatic carbocycles. The first-order valence-electron chi connectivity index (χ1n) is 16.8. The number of rotatable bonds is 1. The van der Waals surface area contributed by atoms with Crippen LogP contribution in [-0.2, 0) is 19.1 Å². The smallest absolute Gasteiger partial charge is 0.261 e. The molecule has 2 saturated heterocycles. The summed E-state index contributed by atoms with van der Waals surface area (Å²) in [6.45, 7) is 10.8. The highest BCUT2D eigenvalue weighted by molar-refractivity contribution is 6.21. The van der Waals surface area contributed by atoms with Gasteiger partial charge in [-0.25, -0.2) is 0 Å². The zero-order valence-corrected chi connectivity index (χ0v) is 25.1. The number of hydrogen-bond acceptors (Lipinski definition) is 4. The van der Waals surface area contributed by atoms with Crippen LogP contribution < -0.4 is 0 Å². The second-order valence-corrected chi connectivity index (χ2v) is 15.9. The van der Waals surface area contributed by atoms with E-state index in [2.05, 4.69) is 33.8 Å². The van der Waals surface area contributed by atoms with Crippen LogP contribution in [-0.4, -0.2) is 41.3 Å². The Balaban J connectivity index is 0.995. The fourth-order valence-corrected chi connectivity index (χ4v) is 12.3. The highest BCUT2D eigenvalue weighted by atomic mass is 16.7. The van der Waals surface area contributed by atoms with Crippen molar-refractivity contribution < 1.29 is 19.1 Å². The fourth-order valence-electron chi connectivity index (χ4n) is 12.3. The van der Waals surface area contributed by atoms with Gasteiger partial charge in [0.1, 0.15) is 0 Å². The van der Waals surface area contributed by atoms with Gasteiger partial charge in [0.05, 0.1) is 12.7 Å². The summed E-state index contributed by atoms with van der Waals surface area (Å²) in [7, 11) is 0. The maximum atomic E-state index is 13.3. The first kappa shape index (κ1) is 26.2. The van der Waals surface area contributed by atoms with Crippen molar-refractivity contribution in [2.45, 2.75) is 123 Å². The van der Waals surface area contributed by atoms with Crippen LogP contribution in [0.4, 0.5) is 0 Å². The zero-order valence-electron chi connectivity index (χ0n) is 25.1. The molecule has 218 valence electrons. The van der Waals surface area contributed by atoms with Gasteiger partial charge in [0.2, 0.25) is 0 Å². The van der Waals surface area contributed by atoms with Gasteiger partial charge in [-0.15, -0.1) is 0 Å². The molecule has 6 fully saturated rings. The highest BCUT2D eigenvalue weighted by Crippen LogP contribution is 2.71. The zero-order chi connectivity index (χ0) is 27.6. The average molecular weight is 548 g/mol. The molecular weight excluding hydrogens is 498 g/mol. The molecule has 2 amide bonds. The maximum Gasteiger partial charge on any atom is 0.261 e. The van der Waals surface area contributed by atoms with Crippen molar-refractivity contribution >= 4 is 11.8 Å². The Kier molecular flexibility index (Phi) is 5.75. The number of ether oxygens (including phenoxy) is 2. The minimum absolute atomic E-state index is 0.0147. The minimum atomic E-state index is -0.330. The summed E-state index contributed by atoms with van der Waals surface area (Å²) in [5, 5.41) is 0. The second kappa shape index (κ2) is 8.78. The van der Waals surface area contributed by atoms with Crippen molar-refractivity contribution in [3.8, 4) is 0 Å². The van der Waals surface area contributed by atoms with Gasteiger partial charge < -0.3 is 9.47 Å². The average Bonchev–Trinajstić information content (AvgIpc) is 3.50. The summed E-state index contributed by atoms with van der Waals surface area (Å²) in [4.78, 5) is 28.3. The molecular formula is C35H49NO4.